The summed E-state index contributed by atoms with van der Waals surface area (Å²) >= 11 is 0. The van der Waals surface area contributed by atoms with Crippen molar-refractivity contribution in [2.45, 2.75) is 52.7 Å². The third-order valence-electron chi connectivity index (χ3n) is 3.54. The van der Waals surface area contributed by atoms with Crippen LogP contribution in [0.1, 0.15) is 40.5 Å². The number of carbonyl (C=O) groups is 3. The van der Waals surface area contributed by atoms with Crippen LogP contribution in [-0.4, -0.2) is 70.3 Å². The fourth-order valence-corrected chi connectivity index (χ4v) is 2.47. The van der Waals surface area contributed by atoms with Gasteiger partial charge in [0.1, 0.15) is 0 Å². The Bertz CT molecular complexity index is 468. The van der Waals surface area contributed by atoms with E-state index in [1.54, 1.807) is 0 Å². The second-order valence-electron chi connectivity index (χ2n) is 7.19. The Morgan fingerprint density at radius 1 is 1.08 bits per heavy atom. The summed E-state index contributed by atoms with van der Waals surface area (Å²) in [5, 5.41) is 22.3. The van der Waals surface area contributed by atoms with Crippen molar-refractivity contribution in [3.63, 3.8) is 0 Å². The first kappa shape index (κ1) is 24.1. The third-order valence-corrected chi connectivity index (χ3v) is 3.54. The summed E-state index contributed by atoms with van der Waals surface area (Å²) in [7, 11) is 0. The molecule has 3 N–H and O–H groups in total. The molecule has 0 aliphatic rings. The fraction of sp³-hybridized carbons (Fsp3) is 0.722. The van der Waals surface area contributed by atoms with Crippen molar-refractivity contribution in [1.82, 2.24) is 15.1 Å². The van der Waals surface area contributed by atoms with Crippen molar-refractivity contribution >= 4 is 18.5 Å². The molecule has 0 aromatic rings. The van der Waals surface area contributed by atoms with Crippen LogP contribution in [0, 0.1) is 11.8 Å². The molecular formula is C18H33N3O5. The highest BCUT2D eigenvalue weighted by Crippen LogP contribution is 2.08. The van der Waals surface area contributed by atoms with Gasteiger partial charge in [-0.3, -0.25) is 9.69 Å². The molecule has 0 heterocycles. The standard InChI is InChI=1S/C18H33N3O5/c1-6-7-21(17(25)19-10-15(23)8-13(2)3)18(26)20(12-22)11-16(24)9-14(4)5/h6,12-16,23-24H,1,7-11H2,2-5H3,(H,19,25). The molecular weight excluding hydrogens is 338 g/mol. The summed E-state index contributed by atoms with van der Waals surface area (Å²) in [6, 6.07) is -1.58. The quantitative estimate of drug-likeness (QED) is 0.377. The largest absolute Gasteiger partial charge is 0.391 e. The van der Waals surface area contributed by atoms with Crippen LogP contribution in [0.5, 0.6) is 0 Å². The minimum atomic E-state index is -0.870. The van der Waals surface area contributed by atoms with E-state index in [2.05, 4.69) is 11.9 Å². The van der Waals surface area contributed by atoms with E-state index in [1.165, 1.54) is 6.08 Å². The zero-order valence-corrected chi connectivity index (χ0v) is 16.2. The Morgan fingerprint density at radius 2 is 1.62 bits per heavy atom. The first-order chi connectivity index (χ1) is 12.1. The number of urea groups is 2. The number of imide groups is 2. The zero-order chi connectivity index (χ0) is 20.3. The minimum Gasteiger partial charge on any atom is -0.391 e. The Kier molecular flexibility index (Phi) is 11.5. The van der Waals surface area contributed by atoms with Crippen molar-refractivity contribution in [3.05, 3.63) is 12.7 Å². The number of aliphatic hydroxyl groups excluding tert-OH is 2. The molecule has 5 amide bonds. The van der Waals surface area contributed by atoms with Crippen LogP contribution in [0.4, 0.5) is 9.59 Å². The van der Waals surface area contributed by atoms with Gasteiger partial charge >= 0.3 is 12.1 Å². The van der Waals surface area contributed by atoms with E-state index in [1.807, 2.05) is 27.7 Å². The van der Waals surface area contributed by atoms with Gasteiger partial charge in [-0.15, -0.1) is 6.58 Å². The third kappa shape index (κ3) is 9.53. The van der Waals surface area contributed by atoms with Crippen molar-refractivity contribution in [3.8, 4) is 0 Å². The summed E-state index contributed by atoms with van der Waals surface area (Å²) in [4.78, 5) is 37.6. The molecule has 0 spiro atoms. The number of nitrogens with zero attached hydrogens (tertiary/aromatic N) is 2. The van der Waals surface area contributed by atoms with Gasteiger partial charge in [0, 0.05) is 6.54 Å². The summed E-state index contributed by atoms with van der Waals surface area (Å²) < 4.78 is 0. The van der Waals surface area contributed by atoms with Crippen molar-refractivity contribution in [2.24, 2.45) is 11.8 Å². The lowest BCUT2D eigenvalue weighted by Crippen LogP contribution is -2.52. The fourth-order valence-electron chi connectivity index (χ4n) is 2.47. The van der Waals surface area contributed by atoms with Gasteiger partial charge in [0.25, 0.3) is 0 Å². The molecule has 0 aliphatic carbocycles. The molecule has 26 heavy (non-hydrogen) atoms. The minimum absolute atomic E-state index is 0.00496. The Morgan fingerprint density at radius 3 is 2.08 bits per heavy atom. The summed E-state index contributed by atoms with van der Waals surface area (Å²) in [6.07, 6.45) is 0.989. The number of hydrogen-bond donors (Lipinski definition) is 3. The van der Waals surface area contributed by atoms with E-state index >= 15 is 0 Å². The smallest absolute Gasteiger partial charge is 0.335 e. The van der Waals surface area contributed by atoms with Crippen LogP contribution in [0.15, 0.2) is 12.7 Å². The number of amides is 5. The molecule has 150 valence electrons. The number of aliphatic hydroxyl groups is 2. The van der Waals surface area contributed by atoms with Crippen LogP contribution in [0.2, 0.25) is 0 Å². The van der Waals surface area contributed by atoms with Crippen LogP contribution >= 0.6 is 0 Å². The maximum absolute atomic E-state index is 12.5. The number of rotatable bonds is 11. The number of nitrogens with one attached hydrogen (secondary N) is 1. The summed E-state index contributed by atoms with van der Waals surface area (Å²) in [6.45, 7) is 10.9. The molecule has 2 atom stereocenters. The van der Waals surface area contributed by atoms with Gasteiger partial charge in [-0.25, -0.2) is 14.5 Å². The highest BCUT2D eigenvalue weighted by molar-refractivity contribution is 5.97. The van der Waals surface area contributed by atoms with E-state index in [0.29, 0.717) is 19.3 Å². The molecule has 0 fully saturated rings. The van der Waals surface area contributed by atoms with Gasteiger partial charge in [-0.1, -0.05) is 33.8 Å². The highest BCUT2D eigenvalue weighted by Gasteiger charge is 2.27. The van der Waals surface area contributed by atoms with Crippen LogP contribution < -0.4 is 5.32 Å². The molecule has 0 rings (SSSR count). The molecule has 0 saturated heterocycles. The molecule has 0 aromatic carbocycles. The Hall–Kier alpha value is -1.93. The lowest BCUT2D eigenvalue weighted by molar-refractivity contribution is -0.117. The van der Waals surface area contributed by atoms with Crippen molar-refractivity contribution in [2.75, 3.05) is 19.6 Å². The van der Waals surface area contributed by atoms with Gasteiger partial charge in [-0.2, -0.15) is 0 Å². The molecule has 0 radical (unpaired) electrons. The topological polar surface area (TPSA) is 110 Å². The first-order valence-corrected chi connectivity index (χ1v) is 8.90. The molecule has 0 saturated carbocycles. The van der Waals surface area contributed by atoms with Crippen molar-refractivity contribution in [1.29, 1.82) is 0 Å². The predicted molar refractivity (Wildman–Crippen MR) is 99.4 cm³/mol. The second kappa shape index (κ2) is 12.4. The van der Waals surface area contributed by atoms with Gasteiger partial charge in [-0.05, 0) is 24.7 Å². The second-order valence-corrected chi connectivity index (χ2v) is 7.19. The normalized spacial score (nSPS) is 13.2. The number of carbonyl (C=O) groups excluding carboxylic acids is 3. The SMILES string of the molecule is C=CCN(C(=O)NCC(O)CC(C)C)C(=O)N(C=O)CC(O)CC(C)C. The highest BCUT2D eigenvalue weighted by atomic mass is 16.3. The van der Waals surface area contributed by atoms with Gasteiger partial charge < -0.3 is 15.5 Å². The molecule has 8 heteroatoms. The Balaban J connectivity index is 4.90. The van der Waals surface area contributed by atoms with Crippen LogP contribution in [0.25, 0.3) is 0 Å². The van der Waals surface area contributed by atoms with Gasteiger partial charge in [0.05, 0.1) is 25.3 Å². The zero-order valence-electron chi connectivity index (χ0n) is 16.2. The maximum Gasteiger partial charge on any atom is 0.335 e. The van der Waals surface area contributed by atoms with E-state index in [4.69, 9.17) is 0 Å². The van der Waals surface area contributed by atoms with Crippen molar-refractivity contribution < 1.29 is 24.6 Å². The van der Waals surface area contributed by atoms with Crippen LogP contribution in [-0.2, 0) is 4.79 Å². The molecule has 0 aromatic heterocycles. The Labute approximate surface area is 155 Å². The average molecular weight is 371 g/mol. The van der Waals surface area contributed by atoms with E-state index in [9.17, 15) is 24.6 Å². The van der Waals surface area contributed by atoms with Gasteiger partial charge in [0.2, 0.25) is 6.41 Å². The number of hydrogen-bond acceptors (Lipinski definition) is 5. The molecule has 8 nitrogen and oxygen atoms in total. The average Bonchev–Trinajstić information content (AvgIpc) is 2.53. The van der Waals surface area contributed by atoms with E-state index < -0.39 is 24.3 Å². The molecule has 0 bridgehead atoms. The van der Waals surface area contributed by atoms with Gasteiger partial charge in [0.15, 0.2) is 0 Å². The predicted octanol–water partition coefficient (Wildman–Crippen LogP) is 1.58. The molecule has 2 unspecified atom stereocenters. The summed E-state index contributed by atoms with van der Waals surface area (Å²) in [5.74, 6) is 0.462. The summed E-state index contributed by atoms with van der Waals surface area (Å²) in [5.41, 5.74) is 0. The van der Waals surface area contributed by atoms with Crippen LogP contribution in [0.3, 0.4) is 0 Å². The molecule has 0 aliphatic heterocycles. The lowest BCUT2D eigenvalue weighted by atomic mass is 10.1. The monoisotopic (exact) mass is 371 g/mol. The van der Waals surface area contributed by atoms with E-state index in [-0.39, 0.29) is 31.5 Å². The lowest BCUT2D eigenvalue weighted by Gasteiger charge is -2.27. The maximum atomic E-state index is 12.5. The first-order valence-electron chi connectivity index (χ1n) is 8.90. The van der Waals surface area contributed by atoms with E-state index in [0.717, 1.165) is 9.80 Å².